The lowest BCUT2D eigenvalue weighted by Crippen LogP contribution is -2.07. The number of aromatic amines is 1. The molecule has 0 amide bonds. The Labute approximate surface area is 206 Å². The summed E-state index contributed by atoms with van der Waals surface area (Å²) >= 11 is 0. The Balaban J connectivity index is 1.66. The summed E-state index contributed by atoms with van der Waals surface area (Å²) in [5.74, 6) is -0.775. The monoisotopic (exact) mass is 484 g/mol. The van der Waals surface area contributed by atoms with Crippen molar-refractivity contribution in [2.45, 2.75) is 20.3 Å². The molecule has 0 spiro atoms. The van der Waals surface area contributed by atoms with E-state index < -0.39 is 11.7 Å². The molecule has 0 atom stereocenters. The van der Waals surface area contributed by atoms with Crippen molar-refractivity contribution in [3.8, 4) is 34.2 Å². The second-order valence-corrected chi connectivity index (χ2v) is 8.22. The Morgan fingerprint density at radius 1 is 1.03 bits per heavy atom. The van der Waals surface area contributed by atoms with Crippen molar-refractivity contribution >= 4 is 17.0 Å². The van der Waals surface area contributed by atoms with Gasteiger partial charge in [-0.3, -0.25) is 4.57 Å². The zero-order valence-corrected chi connectivity index (χ0v) is 20.1. The number of fused-ring (bicyclic) bond motifs is 1. The quantitative estimate of drug-likeness (QED) is 0.326. The molecular weight excluding hydrogens is 460 g/mol. The molecule has 0 aliphatic heterocycles. The van der Waals surface area contributed by atoms with Gasteiger partial charge in [-0.25, -0.2) is 9.59 Å². The van der Waals surface area contributed by atoms with E-state index in [0.29, 0.717) is 35.0 Å². The first-order chi connectivity index (χ1) is 17.5. The normalized spacial score (nSPS) is 11.1. The molecule has 9 nitrogen and oxygen atoms in total. The van der Waals surface area contributed by atoms with Gasteiger partial charge < -0.3 is 14.0 Å². The number of H-pyrrole nitrogens is 1. The van der Waals surface area contributed by atoms with Gasteiger partial charge >= 0.3 is 17.7 Å². The molecule has 9 heteroatoms. The molecule has 2 aromatic heterocycles. The molecule has 0 aliphatic carbocycles. The first kappa shape index (κ1) is 23.1. The third kappa shape index (κ3) is 4.04. The number of nitrogens with zero attached hydrogens (tertiary/aromatic N) is 3. The third-order valence-corrected chi connectivity index (χ3v) is 5.87. The number of methoxy groups -OCH3 is 1. The molecule has 0 saturated heterocycles. The number of benzene rings is 3. The van der Waals surface area contributed by atoms with Gasteiger partial charge in [0.2, 0.25) is 0 Å². The van der Waals surface area contributed by atoms with Crippen LogP contribution < -0.4 is 10.5 Å². The minimum atomic E-state index is -0.682. The highest BCUT2D eigenvalue weighted by atomic mass is 16.5. The predicted molar refractivity (Wildman–Crippen MR) is 134 cm³/mol. The Hall–Kier alpha value is -4.66. The molecule has 5 rings (SSSR count). The summed E-state index contributed by atoms with van der Waals surface area (Å²) < 4.78 is 17.6. The summed E-state index contributed by atoms with van der Waals surface area (Å²) in [5, 5.41) is 2.57. The first-order valence-corrected chi connectivity index (χ1v) is 11.5. The Bertz CT molecular complexity index is 1610. The van der Waals surface area contributed by atoms with E-state index in [1.165, 1.54) is 7.11 Å². The number of carbonyl (C=O) groups excluding carboxylic acids is 1. The summed E-state index contributed by atoms with van der Waals surface area (Å²) in [6.45, 7) is 4.45. The predicted octanol–water partition coefficient (Wildman–Crippen LogP) is 4.92. The largest absolute Gasteiger partial charge is 0.465 e. The molecule has 0 fully saturated rings. The number of aromatic nitrogens is 4. The number of aryl methyl sites for hydroxylation is 1. The van der Waals surface area contributed by atoms with Crippen LogP contribution in [0.1, 0.15) is 29.3 Å². The van der Waals surface area contributed by atoms with Gasteiger partial charge in [-0.05, 0) is 48.2 Å². The van der Waals surface area contributed by atoms with Gasteiger partial charge in [-0.15, -0.1) is 0 Å². The second kappa shape index (κ2) is 9.53. The van der Waals surface area contributed by atoms with Crippen LogP contribution in [0.2, 0.25) is 0 Å². The van der Waals surface area contributed by atoms with E-state index in [0.717, 1.165) is 34.4 Å². The van der Waals surface area contributed by atoms with Gasteiger partial charge in [0.25, 0.3) is 0 Å². The fourth-order valence-corrected chi connectivity index (χ4v) is 4.17. The summed E-state index contributed by atoms with van der Waals surface area (Å²) in [5.41, 5.74) is 5.91. The maximum Gasteiger partial charge on any atom is 0.460 e. The molecule has 5 aromatic rings. The van der Waals surface area contributed by atoms with Crippen LogP contribution in [-0.2, 0) is 4.74 Å². The molecule has 0 saturated carbocycles. The van der Waals surface area contributed by atoms with Gasteiger partial charge in [0.05, 0.1) is 36.0 Å². The Morgan fingerprint density at radius 2 is 1.78 bits per heavy atom. The molecule has 0 bridgehead atoms. The zero-order valence-electron chi connectivity index (χ0n) is 20.1. The van der Waals surface area contributed by atoms with Crippen LogP contribution in [0.3, 0.4) is 0 Å². The Morgan fingerprint density at radius 3 is 2.44 bits per heavy atom. The number of nitrogens with one attached hydrogen (secondary N) is 1. The number of hydrogen-bond donors (Lipinski definition) is 1. The van der Waals surface area contributed by atoms with Crippen molar-refractivity contribution < 1.29 is 18.8 Å². The highest BCUT2D eigenvalue weighted by Gasteiger charge is 2.22. The molecule has 1 N–H and O–H groups in total. The van der Waals surface area contributed by atoms with Crippen LogP contribution in [-0.4, -0.2) is 39.4 Å². The van der Waals surface area contributed by atoms with E-state index in [4.69, 9.17) is 19.0 Å². The molecule has 0 aliphatic rings. The van der Waals surface area contributed by atoms with E-state index in [1.54, 1.807) is 6.07 Å². The second-order valence-electron chi connectivity index (χ2n) is 8.22. The molecule has 0 radical (unpaired) electrons. The fraction of sp³-hybridized carbons (Fsp3) is 0.185. The summed E-state index contributed by atoms with van der Waals surface area (Å²) in [6, 6.07) is 19.4. The van der Waals surface area contributed by atoms with Gasteiger partial charge in [0.1, 0.15) is 0 Å². The van der Waals surface area contributed by atoms with E-state index >= 15 is 0 Å². The maximum atomic E-state index is 12.6. The summed E-state index contributed by atoms with van der Waals surface area (Å²) in [7, 11) is 1.36. The lowest BCUT2D eigenvalue weighted by molar-refractivity contribution is 0.0602. The van der Waals surface area contributed by atoms with Crippen molar-refractivity contribution in [2.24, 2.45) is 0 Å². The van der Waals surface area contributed by atoms with Crippen LogP contribution in [0.4, 0.5) is 0 Å². The van der Waals surface area contributed by atoms with Crippen LogP contribution in [0.15, 0.2) is 70.0 Å². The maximum absolute atomic E-state index is 12.6. The van der Waals surface area contributed by atoms with Crippen molar-refractivity contribution in [3.05, 3.63) is 82.3 Å². The zero-order chi connectivity index (χ0) is 25.2. The SMILES string of the molecule is CCCOc1nc2c(C)ccc(C(=O)OC)c2n1-c1ccc(-c2ccccc2-c2nc(=O)o[nH]2)cc1. The van der Waals surface area contributed by atoms with Gasteiger partial charge in [-0.1, -0.05) is 49.4 Å². The molecule has 0 unspecified atom stereocenters. The van der Waals surface area contributed by atoms with Crippen molar-refractivity contribution in [3.63, 3.8) is 0 Å². The van der Waals surface area contributed by atoms with Crippen molar-refractivity contribution in [1.82, 2.24) is 19.7 Å². The molecular formula is C27H24N4O5. The van der Waals surface area contributed by atoms with Crippen LogP contribution in [0, 0.1) is 6.92 Å². The minimum Gasteiger partial charge on any atom is -0.465 e. The average Bonchev–Trinajstić information content (AvgIpc) is 3.51. The highest BCUT2D eigenvalue weighted by Crippen LogP contribution is 2.34. The molecule has 182 valence electrons. The van der Waals surface area contributed by atoms with E-state index in [1.807, 2.05) is 73.0 Å². The number of esters is 1. The number of carbonyl (C=O) groups is 1. The van der Waals surface area contributed by atoms with Crippen molar-refractivity contribution in [2.75, 3.05) is 13.7 Å². The number of hydrogen-bond acceptors (Lipinski definition) is 7. The molecule has 3 aromatic carbocycles. The highest BCUT2D eigenvalue weighted by molar-refractivity contribution is 6.04. The molecule has 36 heavy (non-hydrogen) atoms. The van der Waals surface area contributed by atoms with Crippen LogP contribution in [0.5, 0.6) is 6.01 Å². The van der Waals surface area contributed by atoms with Crippen molar-refractivity contribution in [1.29, 1.82) is 0 Å². The van der Waals surface area contributed by atoms with Crippen LogP contribution >= 0.6 is 0 Å². The molecule has 2 heterocycles. The third-order valence-electron chi connectivity index (χ3n) is 5.87. The van der Waals surface area contributed by atoms with E-state index in [-0.39, 0.29) is 0 Å². The average molecular weight is 485 g/mol. The summed E-state index contributed by atoms with van der Waals surface area (Å²) in [6.07, 6.45) is 0.811. The van der Waals surface area contributed by atoms with E-state index in [2.05, 4.69) is 10.1 Å². The number of imidazole rings is 1. The van der Waals surface area contributed by atoms with E-state index in [9.17, 15) is 9.59 Å². The minimum absolute atomic E-state index is 0.355. The van der Waals surface area contributed by atoms with Gasteiger partial charge in [0.15, 0.2) is 5.82 Å². The van der Waals surface area contributed by atoms with Gasteiger partial charge in [-0.2, -0.15) is 15.1 Å². The standard InChI is InChI=1S/C27H24N4O5/c1-4-15-35-26-28-22-16(2)9-14-21(25(32)34-3)23(22)31(26)18-12-10-17(11-13-18)19-7-5-6-8-20(19)24-29-27(33)36-30-24/h5-14H,4,15H2,1-3H3,(H,29,30,33). The lowest BCUT2D eigenvalue weighted by Gasteiger charge is -2.13. The number of rotatable bonds is 7. The summed E-state index contributed by atoms with van der Waals surface area (Å²) in [4.78, 5) is 32.7. The first-order valence-electron chi connectivity index (χ1n) is 11.5. The topological polar surface area (TPSA) is 112 Å². The van der Waals surface area contributed by atoms with Crippen LogP contribution in [0.25, 0.3) is 39.2 Å². The van der Waals surface area contributed by atoms with Gasteiger partial charge in [0, 0.05) is 5.56 Å². The fourth-order valence-electron chi connectivity index (χ4n) is 4.17. The number of ether oxygens (including phenoxy) is 2. The lowest BCUT2D eigenvalue weighted by atomic mass is 9.99. The smallest absolute Gasteiger partial charge is 0.460 e. The Kier molecular flexibility index (Phi) is 6.12.